The molecular formula is C13H19NO3S. The Morgan fingerprint density at radius 2 is 2.17 bits per heavy atom. The lowest BCUT2D eigenvalue weighted by molar-refractivity contribution is -0.143. The topological polar surface area (TPSA) is 55.4 Å². The smallest absolute Gasteiger partial charge is 0.305 e. The van der Waals surface area contributed by atoms with E-state index in [4.69, 9.17) is 4.74 Å². The van der Waals surface area contributed by atoms with Crippen LogP contribution in [0, 0.1) is 0 Å². The standard InChI is InChI=1S/C13H19NO3S/c1-3-10-7-9-18-12(10)13(16)14-8-5-6-11(15)17-4-2/h7,9H,3-6,8H2,1-2H3,(H,14,16). The molecule has 1 aromatic heterocycles. The number of rotatable bonds is 7. The van der Waals surface area contributed by atoms with Crippen molar-refractivity contribution in [3.05, 3.63) is 21.9 Å². The molecule has 0 aliphatic heterocycles. The van der Waals surface area contributed by atoms with Gasteiger partial charge in [-0.2, -0.15) is 0 Å². The quantitative estimate of drug-likeness (QED) is 0.611. The van der Waals surface area contributed by atoms with Crippen LogP contribution in [0.1, 0.15) is 41.9 Å². The molecule has 1 heterocycles. The van der Waals surface area contributed by atoms with E-state index in [-0.39, 0.29) is 11.9 Å². The van der Waals surface area contributed by atoms with Crippen LogP contribution in [0.3, 0.4) is 0 Å². The van der Waals surface area contributed by atoms with Crippen molar-refractivity contribution in [2.45, 2.75) is 33.1 Å². The van der Waals surface area contributed by atoms with Crippen molar-refractivity contribution < 1.29 is 14.3 Å². The van der Waals surface area contributed by atoms with Crippen LogP contribution < -0.4 is 5.32 Å². The summed E-state index contributed by atoms with van der Waals surface area (Å²) in [5, 5.41) is 4.74. The maximum atomic E-state index is 11.8. The minimum Gasteiger partial charge on any atom is -0.466 e. The predicted octanol–water partition coefficient (Wildman–Crippen LogP) is 2.38. The molecule has 5 heteroatoms. The molecular weight excluding hydrogens is 250 g/mol. The second-order valence-electron chi connectivity index (χ2n) is 3.79. The van der Waals surface area contributed by atoms with Crippen molar-refractivity contribution in [1.82, 2.24) is 5.32 Å². The van der Waals surface area contributed by atoms with Gasteiger partial charge in [0, 0.05) is 13.0 Å². The number of carbonyl (C=O) groups is 2. The number of thiophene rings is 1. The van der Waals surface area contributed by atoms with Crippen molar-refractivity contribution in [3.63, 3.8) is 0 Å². The first-order chi connectivity index (χ1) is 8.69. The van der Waals surface area contributed by atoms with E-state index >= 15 is 0 Å². The van der Waals surface area contributed by atoms with E-state index in [9.17, 15) is 9.59 Å². The molecule has 1 aromatic rings. The van der Waals surface area contributed by atoms with Crippen LogP contribution in [0.15, 0.2) is 11.4 Å². The van der Waals surface area contributed by atoms with Crippen LogP contribution in [-0.4, -0.2) is 25.0 Å². The Labute approximate surface area is 111 Å². The molecule has 0 spiro atoms. The van der Waals surface area contributed by atoms with Crippen LogP contribution in [0.25, 0.3) is 0 Å². The van der Waals surface area contributed by atoms with Gasteiger partial charge in [-0.15, -0.1) is 11.3 Å². The molecule has 0 fully saturated rings. The maximum absolute atomic E-state index is 11.8. The molecule has 0 bridgehead atoms. The molecule has 0 saturated heterocycles. The number of esters is 1. The van der Waals surface area contributed by atoms with Gasteiger partial charge in [0.1, 0.15) is 0 Å². The highest BCUT2D eigenvalue weighted by Crippen LogP contribution is 2.16. The SMILES string of the molecule is CCOC(=O)CCCNC(=O)c1sccc1CC. The summed E-state index contributed by atoms with van der Waals surface area (Å²) < 4.78 is 4.81. The molecule has 0 unspecified atom stereocenters. The van der Waals surface area contributed by atoms with E-state index < -0.39 is 0 Å². The number of nitrogens with one attached hydrogen (secondary N) is 1. The molecule has 0 aliphatic rings. The zero-order chi connectivity index (χ0) is 13.4. The highest BCUT2D eigenvalue weighted by molar-refractivity contribution is 7.12. The van der Waals surface area contributed by atoms with Gasteiger partial charge in [0.25, 0.3) is 5.91 Å². The lowest BCUT2D eigenvalue weighted by Crippen LogP contribution is -2.25. The second-order valence-corrected chi connectivity index (χ2v) is 4.71. The van der Waals surface area contributed by atoms with Crippen LogP contribution in [0.5, 0.6) is 0 Å². The summed E-state index contributed by atoms with van der Waals surface area (Å²) in [4.78, 5) is 23.7. The molecule has 0 saturated carbocycles. The summed E-state index contributed by atoms with van der Waals surface area (Å²) in [6.45, 7) is 4.71. The van der Waals surface area contributed by atoms with Gasteiger partial charge in [0.05, 0.1) is 11.5 Å². The van der Waals surface area contributed by atoms with Gasteiger partial charge in [-0.1, -0.05) is 6.92 Å². The van der Waals surface area contributed by atoms with E-state index in [1.807, 2.05) is 18.4 Å². The van der Waals surface area contributed by atoms with E-state index in [1.165, 1.54) is 11.3 Å². The minimum absolute atomic E-state index is 0.0503. The monoisotopic (exact) mass is 269 g/mol. The number of hydrogen-bond donors (Lipinski definition) is 1. The normalized spacial score (nSPS) is 10.1. The Balaban J connectivity index is 2.28. The van der Waals surface area contributed by atoms with Gasteiger partial charge in [0.2, 0.25) is 0 Å². The van der Waals surface area contributed by atoms with Crippen LogP contribution in [0.4, 0.5) is 0 Å². The number of carbonyl (C=O) groups excluding carboxylic acids is 2. The molecule has 4 nitrogen and oxygen atoms in total. The molecule has 0 atom stereocenters. The highest BCUT2D eigenvalue weighted by atomic mass is 32.1. The molecule has 0 aromatic carbocycles. The van der Waals surface area contributed by atoms with Crippen LogP contribution in [-0.2, 0) is 16.0 Å². The second kappa shape index (κ2) is 7.87. The summed E-state index contributed by atoms with van der Waals surface area (Å²) >= 11 is 1.45. The van der Waals surface area contributed by atoms with Crippen molar-refractivity contribution in [2.75, 3.05) is 13.2 Å². The van der Waals surface area contributed by atoms with Crippen LogP contribution in [0.2, 0.25) is 0 Å². The Bertz CT molecular complexity index is 401. The first kappa shape index (κ1) is 14.7. The predicted molar refractivity (Wildman–Crippen MR) is 71.9 cm³/mol. The van der Waals surface area contributed by atoms with Gasteiger partial charge < -0.3 is 10.1 Å². The number of ether oxygens (including phenoxy) is 1. The van der Waals surface area contributed by atoms with E-state index in [2.05, 4.69) is 5.32 Å². The third-order valence-corrected chi connectivity index (χ3v) is 3.44. The summed E-state index contributed by atoms with van der Waals surface area (Å²) in [5.74, 6) is -0.261. The Morgan fingerprint density at radius 1 is 1.39 bits per heavy atom. The van der Waals surface area contributed by atoms with Gasteiger partial charge >= 0.3 is 5.97 Å². The van der Waals surface area contributed by atoms with E-state index in [0.29, 0.717) is 26.0 Å². The first-order valence-corrected chi connectivity index (χ1v) is 7.07. The lowest BCUT2D eigenvalue weighted by Gasteiger charge is -2.05. The molecule has 0 radical (unpaired) electrons. The third kappa shape index (κ3) is 4.49. The summed E-state index contributed by atoms with van der Waals surface area (Å²) in [6.07, 6.45) is 1.81. The van der Waals surface area contributed by atoms with Crippen molar-refractivity contribution in [1.29, 1.82) is 0 Å². The van der Waals surface area contributed by atoms with Crippen molar-refractivity contribution in [3.8, 4) is 0 Å². The van der Waals surface area contributed by atoms with Gasteiger partial charge in [0.15, 0.2) is 0 Å². The van der Waals surface area contributed by atoms with Gasteiger partial charge in [-0.25, -0.2) is 0 Å². The fourth-order valence-electron chi connectivity index (χ4n) is 1.56. The van der Waals surface area contributed by atoms with E-state index in [1.54, 1.807) is 6.92 Å². The lowest BCUT2D eigenvalue weighted by atomic mass is 10.2. The average Bonchev–Trinajstić information content (AvgIpc) is 2.83. The Hall–Kier alpha value is -1.36. The third-order valence-electron chi connectivity index (χ3n) is 2.48. The molecule has 1 amide bonds. The largest absolute Gasteiger partial charge is 0.466 e. The average molecular weight is 269 g/mol. The molecule has 0 aliphatic carbocycles. The number of amides is 1. The van der Waals surface area contributed by atoms with E-state index in [0.717, 1.165) is 16.9 Å². The zero-order valence-electron chi connectivity index (χ0n) is 10.8. The van der Waals surface area contributed by atoms with Crippen molar-refractivity contribution in [2.24, 2.45) is 0 Å². The van der Waals surface area contributed by atoms with Gasteiger partial charge in [-0.05, 0) is 36.8 Å². The fourth-order valence-corrected chi connectivity index (χ4v) is 2.47. The fraction of sp³-hybridized carbons (Fsp3) is 0.538. The summed E-state index contributed by atoms with van der Waals surface area (Å²) in [7, 11) is 0. The number of aryl methyl sites for hydroxylation is 1. The Kier molecular flexibility index (Phi) is 6.43. The van der Waals surface area contributed by atoms with Crippen molar-refractivity contribution >= 4 is 23.2 Å². The zero-order valence-corrected chi connectivity index (χ0v) is 11.6. The first-order valence-electron chi connectivity index (χ1n) is 6.19. The Morgan fingerprint density at radius 3 is 2.83 bits per heavy atom. The van der Waals surface area contributed by atoms with Crippen LogP contribution >= 0.6 is 11.3 Å². The summed E-state index contributed by atoms with van der Waals surface area (Å²) in [6, 6.07) is 1.97. The van der Waals surface area contributed by atoms with Gasteiger partial charge in [-0.3, -0.25) is 9.59 Å². The molecule has 100 valence electrons. The maximum Gasteiger partial charge on any atom is 0.305 e. The minimum atomic E-state index is -0.211. The highest BCUT2D eigenvalue weighted by Gasteiger charge is 2.11. The molecule has 1 N–H and O–H groups in total. The molecule has 18 heavy (non-hydrogen) atoms. The molecule has 1 rings (SSSR count). The number of hydrogen-bond acceptors (Lipinski definition) is 4. The summed E-state index contributed by atoms with van der Waals surface area (Å²) in [5.41, 5.74) is 1.07.